The largest absolute Gasteiger partial charge is 0.356 e. The van der Waals surface area contributed by atoms with E-state index in [9.17, 15) is 0 Å². The number of pyridine rings is 1. The summed E-state index contributed by atoms with van der Waals surface area (Å²) in [5.74, 6) is 1.33. The lowest BCUT2D eigenvalue weighted by atomic mass is 9.97. The van der Waals surface area contributed by atoms with Crippen LogP contribution in [0.5, 0.6) is 0 Å². The first kappa shape index (κ1) is 17.0. The van der Waals surface area contributed by atoms with Crippen molar-refractivity contribution in [3.8, 4) is 0 Å². The maximum absolute atomic E-state index is 4.33. The Morgan fingerprint density at radius 2 is 1.87 bits per heavy atom. The van der Waals surface area contributed by atoms with Crippen LogP contribution in [-0.4, -0.2) is 31.1 Å². The Hall–Kier alpha value is -2.36. The number of hydrogen-bond acceptors (Lipinski definition) is 2. The van der Waals surface area contributed by atoms with Gasteiger partial charge < -0.3 is 10.6 Å². The first-order valence-electron chi connectivity index (χ1n) is 8.22. The van der Waals surface area contributed by atoms with Gasteiger partial charge in [-0.3, -0.25) is 9.98 Å². The molecule has 0 aliphatic heterocycles. The van der Waals surface area contributed by atoms with E-state index in [1.807, 2.05) is 24.4 Å². The summed E-state index contributed by atoms with van der Waals surface area (Å²) in [6, 6.07) is 16.6. The van der Waals surface area contributed by atoms with E-state index < -0.39 is 0 Å². The third-order valence-corrected chi connectivity index (χ3v) is 3.90. The fraction of sp³-hybridized carbons (Fsp3) is 0.368. The van der Waals surface area contributed by atoms with Crippen LogP contribution >= 0.6 is 0 Å². The number of aromatic nitrogens is 1. The molecule has 2 rings (SSSR count). The second-order valence-corrected chi connectivity index (χ2v) is 5.47. The summed E-state index contributed by atoms with van der Waals surface area (Å²) in [6.45, 7) is 3.92. The molecule has 122 valence electrons. The Morgan fingerprint density at radius 3 is 2.52 bits per heavy atom. The Labute approximate surface area is 139 Å². The van der Waals surface area contributed by atoms with Gasteiger partial charge in [-0.2, -0.15) is 0 Å². The van der Waals surface area contributed by atoms with Gasteiger partial charge in [0.2, 0.25) is 0 Å². The van der Waals surface area contributed by atoms with Crippen molar-refractivity contribution in [2.45, 2.75) is 25.7 Å². The van der Waals surface area contributed by atoms with E-state index in [0.29, 0.717) is 5.92 Å². The first-order valence-corrected chi connectivity index (χ1v) is 8.22. The highest BCUT2D eigenvalue weighted by Gasteiger charge is 2.09. The predicted octanol–water partition coefficient (Wildman–Crippen LogP) is 2.98. The van der Waals surface area contributed by atoms with E-state index in [-0.39, 0.29) is 0 Å². The van der Waals surface area contributed by atoms with E-state index in [1.54, 1.807) is 7.05 Å². The Kier molecular flexibility index (Phi) is 7.11. The molecule has 1 aromatic carbocycles. The number of hydrogen-bond donors (Lipinski definition) is 2. The number of rotatable bonds is 7. The molecule has 1 atom stereocenters. The van der Waals surface area contributed by atoms with Gasteiger partial charge in [-0.05, 0) is 24.1 Å². The lowest BCUT2D eigenvalue weighted by molar-refractivity contribution is 0.629. The van der Waals surface area contributed by atoms with E-state index in [4.69, 9.17) is 0 Å². The molecule has 23 heavy (non-hydrogen) atoms. The second kappa shape index (κ2) is 9.62. The summed E-state index contributed by atoms with van der Waals surface area (Å²) >= 11 is 0. The van der Waals surface area contributed by atoms with Crippen molar-refractivity contribution >= 4 is 5.96 Å². The van der Waals surface area contributed by atoms with Gasteiger partial charge in [0.1, 0.15) is 0 Å². The van der Waals surface area contributed by atoms with Crippen molar-refractivity contribution in [2.75, 3.05) is 20.1 Å². The van der Waals surface area contributed by atoms with Crippen molar-refractivity contribution in [2.24, 2.45) is 4.99 Å². The summed E-state index contributed by atoms with van der Waals surface area (Å²) in [6.07, 6.45) is 3.81. The molecular weight excluding hydrogens is 284 g/mol. The molecule has 4 nitrogen and oxygen atoms in total. The van der Waals surface area contributed by atoms with E-state index in [1.165, 1.54) is 5.56 Å². The molecule has 0 saturated carbocycles. The summed E-state index contributed by atoms with van der Waals surface area (Å²) in [5, 5.41) is 6.77. The van der Waals surface area contributed by atoms with Crippen LogP contribution in [0.1, 0.15) is 30.5 Å². The van der Waals surface area contributed by atoms with Crippen LogP contribution < -0.4 is 10.6 Å². The maximum Gasteiger partial charge on any atom is 0.191 e. The predicted molar refractivity (Wildman–Crippen MR) is 96.8 cm³/mol. The normalized spacial score (nSPS) is 12.7. The van der Waals surface area contributed by atoms with Crippen LogP contribution in [0, 0.1) is 0 Å². The van der Waals surface area contributed by atoms with Gasteiger partial charge in [0, 0.05) is 44.4 Å². The third-order valence-electron chi connectivity index (χ3n) is 3.90. The summed E-state index contributed by atoms with van der Waals surface area (Å²) in [7, 11) is 1.81. The standard InChI is InChI=1S/C19H26N4/c1-3-16(17-9-5-4-6-10-17)15-23-19(20-2)22-14-12-18-11-7-8-13-21-18/h4-11,13,16H,3,12,14-15H2,1-2H3,(H2,20,22,23). The van der Waals surface area contributed by atoms with Crippen LogP contribution in [-0.2, 0) is 6.42 Å². The second-order valence-electron chi connectivity index (χ2n) is 5.47. The fourth-order valence-corrected chi connectivity index (χ4v) is 2.52. The zero-order chi connectivity index (χ0) is 16.3. The molecule has 4 heteroatoms. The van der Waals surface area contributed by atoms with Crippen LogP contribution in [0.4, 0.5) is 0 Å². The minimum atomic E-state index is 0.491. The molecule has 1 unspecified atom stereocenters. The highest BCUT2D eigenvalue weighted by molar-refractivity contribution is 5.79. The Balaban J connectivity index is 1.78. The van der Waals surface area contributed by atoms with Crippen LogP contribution in [0.2, 0.25) is 0 Å². The van der Waals surface area contributed by atoms with Crippen molar-refractivity contribution < 1.29 is 0 Å². The van der Waals surface area contributed by atoms with Crippen molar-refractivity contribution in [1.82, 2.24) is 15.6 Å². The lowest BCUT2D eigenvalue weighted by Gasteiger charge is -2.18. The zero-order valence-corrected chi connectivity index (χ0v) is 14.0. The Bertz CT molecular complexity index is 581. The number of benzene rings is 1. The van der Waals surface area contributed by atoms with Crippen LogP contribution in [0.25, 0.3) is 0 Å². The molecule has 0 spiro atoms. The molecule has 0 saturated heterocycles. The molecule has 2 aromatic rings. The molecule has 0 fully saturated rings. The van der Waals surface area contributed by atoms with Gasteiger partial charge >= 0.3 is 0 Å². The molecule has 0 bridgehead atoms. The van der Waals surface area contributed by atoms with Gasteiger partial charge in [0.15, 0.2) is 5.96 Å². The minimum absolute atomic E-state index is 0.491. The van der Waals surface area contributed by atoms with E-state index in [0.717, 1.165) is 37.6 Å². The molecule has 1 aromatic heterocycles. The van der Waals surface area contributed by atoms with E-state index in [2.05, 4.69) is 57.9 Å². The van der Waals surface area contributed by atoms with Crippen molar-refractivity contribution in [3.05, 3.63) is 66.0 Å². The third kappa shape index (κ3) is 5.74. The van der Waals surface area contributed by atoms with Crippen LogP contribution in [0.15, 0.2) is 59.7 Å². The molecule has 0 aliphatic rings. The topological polar surface area (TPSA) is 49.3 Å². The SMILES string of the molecule is CCC(CNC(=NC)NCCc1ccccn1)c1ccccc1. The molecular formula is C19H26N4. The van der Waals surface area contributed by atoms with Gasteiger partial charge in [-0.25, -0.2) is 0 Å². The Morgan fingerprint density at radius 1 is 1.09 bits per heavy atom. The quantitative estimate of drug-likeness (QED) is 0.610. The van der Waals surface area contributed by atoms with Gasteiger partial charge in [-0.1, -0.05) is 43.3 Å². The van der Waals surface area contributed by atoms with Gasteiger partial charge in [0.05, 0.1) is 0 Å². The molecule has 0 amide bonds. The van der Waals surface area contributed by atoms with Gasteiger partial charge in [-0.15, -0.1) is 0 Å². The minimum Gasteiger partial charge on any atom is -0.356 e. The fourth-order valence-electron chi connectivity index (χ4n) is 2.52. The van der Waals surface area contributed by atoms with Gasteiger partial charge in [0.25, 0.3) is 0 Å². The number of nitrogens with one attached hydrogen (secondary N) is 2. The zero-order valence-electron chi connectivity index (χ0n) is 14.0. The first-order chi connectivity index (χ1) is 11.3. The van der Waals surface area contributed by atoms with Crippen LogP contribution in [0.3, 0.4) is 0 Å². The molecule has 1 heterocycles. The van der Waals surface area contributed by atoms with Crippen molar-refractivity contribution in [3.63, 3.8) is 0 Å². The lowest BCUT2D eigenvalue weighted by Crippen LogP contribution is -2.40. The summed E-state index contributed by atoms with van der Waals surface area (Å²) in [4.78, 5) is 8.62. The monoisotopic (exact) mass is 310 g/mol. The number of guanidine groups is 1. The highest BCUT2D eigenvalue weighted by Crippen LogP contribution is 2.17. The molecule has 0 aliphatic carbocycles. The molecule has 0 radical (unpaired) electrons. The van der Waals surface area contributed by atoms with Crippen molar-refractivity contribution in [1.29, 1.82) is 0 Å². The number of nitrogens with zero attached hydrogens (tertiary/aromatic N) is 2. The average molecular weight is 310 g/mol. The highest BCUT2D eigenvalue weighted by atomic mass is 15.2. The number of aliphatic imine (C=N–C) groups is 1. The maximum atomic E-state index is 4.33. The summed E-state index contributed by atoms with van der Waals surface area (Å²) in [5.41, 5.74) is 2.46. The summed E-state index contributed by atoms with van der Waals surface area (Å²) < 4.78 is 0. The van der Waals surface area contributed by atoms with E-state index >= 15 is 0 Å². The average Bonchev–Trinajstić information content (AvgIpc) is 2.62. The molecule has 2 N–H and O–H groups in total. The smallest absolute Gasteiger partial charge is 0.191 e.